The number of amides is 1. The summed E-state index contributed by atoms with van der Waals surface area (Å²) in [7, 11) is 0. The van der Waals surface area contributed by atoms with Gasteiger partial charge in [-0.25, -0.2) is 0 Å². The SMILES string of the molecule is CCC(C)(CCO)NC(=O)c1noc(C2CCCN2)n1. The minimum absolute atomic E-state index is 0.0219. The van der Waals surface area contributed by atoms with E-state index in [0.29, 0.717) is 18.7 Å². The zero-order valence-corrected chi connectivity index (χ0v) is 12.0. The second-order valence-corrected chi connectivity index (χ2v) is 5.45. The minimum atomic E-state index is -0.460. The number of hydrogen-bond donors (Lipinski definition) is 3. The monoisotopic (exact) mass is 282 g/mol. The van der Waals surface area contributed by atoms with Gasteiger partial charge >= 0.3 is 0 Å². The molecule has 0 spiro atoms. The van der Waals surface area contributed by atoms with Crippen LogP contribution in [0.5, 0.6) is 0 Å². The average molecular weight is 282 g/mol. The molecule has 0 bridgehead atoms. The molecule has 2 atom stereocenters. The number of nitrogens with zero attached hydrogens (tertiary/aromatic N) is 2. The van der Waals surface area contributed by atoms with Gasteiger partial charge in [0, 0.05) is 12.1 Å². The van der Waals surface area contributed by atoms with Crippen molar-refractivity contribution in [2.75, 3.05) is 13.2 Å². The highest BCUT2D eigenvalue weighted by atomic mass is 16.5. The quantitative estimate of drug-likeness (QED) is 0.712. The average Bonchev–Trinajstić information content (AvgIpc) is 3.09. The number of carbonyl (C=O) groups is 1. The highest BCUT2D eigenvalue weighted by Crippen LogP contribution is 2.21. The number of aliphatic hydroxyl groups is 1. The third kappa shape index (κ3) is 3.34. The maximum Gasteiger partial charge on any atom is 0.293 e. The van der Waals surface area contributed by atoms with E-state index in [9.17, 15) is 4.79 Å². The number of carbonyl (C=O) groups excluding carboxylic acids is 1. The van der Waals surface area contributed by atoms with Gasteiger partial charge in [-0.15, -0.1) is 0 Å². The van der Waals surface area contributed by atoms with Crippen molar-refractivity contribution in [1.29, 1.82) is 0 Å². The van der Waals surface area contributed by atoms with Crippen LogP contribution in [0, 0.1) is 0 Å². The molecule has 1 aliphatic heterocycles. The summed E-state index contributed by atoms with van der Waals surface area (Å²) in [5.41, 5.74) is -0.460. The van der Waals surface area contributed by atoms with Crippen LogP contribution in [0.1, 0.15) is 62.1 Å². The fourth-order valence-electron chi connectivity index (χ4n) is 2.27. The normalized spacial score (nSPS) is 21.6. The van der Waals surface area contributed by atoms with Crippen molar-refractivity contribution in [3.63, 3.8) is 0 Å². The third-order valence-electron chi connectivity index (χ3n) is 3.86. The Morgan fingerprint density at radius 1 is 1.65 bits per heavy atom. The van der Waals surface area contributed by atoms with Gasteiger partial charge in [-0.1, -0.05) is 12.1 Å². The van der Waals surface area contributed by atoms with Gasteiger partial charge < -0.3 is 20.3 Å². The van der Waals surface area contributed by atoms with E-state index in [1.165, 1.54) is 0 Å². The van der Waals surface area contributed by atoms with Crippen molar-refractivity contribution in [2.24, 2.45) is 0 Å². The smallest absolute Gasteiger partial charge is 0.293 e. The number of rotatable bonds is 6. The summed E-state index contributed by atoms with van der Waals surface area (Å²) in [6.45, 7) is 4.80. The van der Waals surface area contributed by atoms with Crippen molar-refractivity contribution in [3.05, 3.63) is 11.7 Å². The van der Waals surface area contributed by atoms with E-state index in [1.54, 1.807) is 0 Å². The standard InChI is InChI=1S/C13H22N4O3/c1-3-13(2,6-8-18)16-11(19)10-15-12(20-17-10)9-5-4-7-14-9/h9,14,18H,3-8H2,1-2H3,(H,16,19). The van der Waals surface area contributed by atoms with Crippen LogP contribution in [0.15, 0.2) is 4.52 Å². The van der Waals surface area contributed by atoms with Crippen LogP contribution in [-0.2, 0) is 0 Å². The number of nitrogens with one attached hydrogen (secondary N) is 2. The Bertz CT molecular complexity index is 456. The Labute approximate surface area is 118 Å². The van der Waals surface area contributed by atoms with Crippen LogP contribution < -0.4 is 10.6 Å². The predicted molar refractivity (Wildman–Crippen MR) is 72.1 cm³/mol. The molecule has 0 aromatic carbocycles. The molecule has 1 aromatic rings. The molecule has 1 aliphatic rings. The zero-order valence-electron chi connectivity index (χ0n) is 12.0. The number of hydrogen-bond acceptors (Lipinski definition) is 6. The maximum absolute atomic E-state index is 12.1. The van der Waals surface area contributed by atoms with Crippen LogP contribution in [0.2, 0.25) is 0 Å². The molecule has 2 heterocycles. The minimum Gasteiger partial charge on any atom is -0.396 e. The first-order valence-corrected chi connectivity index (χ1v) is 7.08. The van der Waals surface area contributed by atoms with Gasteiger partial charge in [-0.2, -0.15) is 4.98 Å². The maximum atomic E-state index is 12.1. The van der Waals surface area contributed by atoms with E-state index >= 15 is 0 Å². The highest BCUT2D eigenvalue weighted by Gasteiger charge is 2.28. The van der Waals surface area contributed by atoms with Gasteiger partial charge in [0.05, 0.1) is 6.04 Å². The first-order valence-electron chi connectivity index (χ1n) is 7.08. The molecular weight excluding hydrogens is 260 g/mol. The Balaban J connectivity index is 2.02. The zero-order chi connectivity index (χ0) is 14.6. The lowest BCUT2D eigenvalue weighted by Crippen LogP contribution is -2.46. The third-order valence-corrected chi connectivity index (χ3v) is 3.86. The molecule has 2 unspecified atom stereocenters. The topological polar surface area (TPSA) is 100 Å². The molecule has 1 amide bonds. The van der Waals surface area contributed by atoms with Crippen molar-refractivity contribution >= 4 is 5.91 Å². The van der Waals surface area contributed by atoms with Gasteiger partial charge in [0.1, 0.15) is 0 Å². The molecule has 0 radical (unpaired) electrons. The molecule has 7 nitrogen and oxygen atoms in total. The summed E-state index contributed by atoms with van der Waals surface area (Å²) in [5.74, 6) is 0.148. The lowest BCUT2D eigenvalue weighted by molar-refractivity contribution is 0.0872. The molecule has 7 heteroatoms. The summed E-state index contributed by atoms with van der Waals surface area (Å²) < 4.78 is 5.14. The molecule has 0 saturated carbocycles. The Kier molecular flexibility index (Phi) is 4.72. The van der Waals surface area contributed by atoms with Gasteiger partial charge in [-0.05, 0) is 39.2 Å². The van der Waals surface area contributed by atoms with Crippen LogP contribution in [-0.4, -0.2) is 39.8 Å². The van der Waals surface area contributed by atoms with Crippen LogP contribution in [0.3, 0.4) is 0 Å². The lowest BCUT2D eigenvalue weighted by Gasteiger charge is -2.28. The van der Waals surface area contributed by atoms with Gasteiger partial charge in [0.15, 0.2) is 0 Å². The fraction of sp³-hybridized carbons (Fsp3) is 0.769. The largest absolute Gasteiger partial charge is 0.396 e. The van der Waals surface area contributed by atoms with Crippen molar-refractivity contribution in [1.82, 2.24) is 20.8 Å². The van der Waals surface area contributed by atoms with Crippen molar-refractivity contribution in [2.45, 2.75) is 51.1 Å². The van der Waals surface area contributed by atoms with E-state index in [-0.39, 0.29) is 24.4 Å². The fourth-order valence-corrected chi connectivity index (χ4v) is 2.27. The van der Waals surface area contributed by atoms with Crippen molar-refractivity contribution in [3.8, 4) is 0 Å². The van der Waals surface area contributed by atoms with E-state index in [1.807, 2.05) is 13.8 Å². The van der Waals surface area contributed by atoms with E-state index in [0.717, 1.165) is 19.4 Å². The molecular formula is C13H22N4O3. The second kappa shape index (κ2) is 6.32. The first-order chi connectivity index (χ1) is 9.58. The molecule has 3 N–H and O–H groups in total. The molecule has 1 aromatic heterocycles. The van der Waals surface area contributed by atoms with Crippen LogP contribution >= 0.6 is 0 Å². The molecule has 20 heavy (non-hydrogen) atoms. The molecule has 0 aliphatic carbocycles. The lowest BCUT2D eigenvalue weighted by atomic mass is 9.95. The van der Waals surface area contributed by atoms with Crippen molar-refractivity contribution < 1.29 is 14.4 Å². The van der Waals surface area contributed by atoms with Crippen LogP contribution in [0.4, 0.5) is 0 Å². The summed E-state index contributed by atoms with van der Waals surface area (Å²) in [6.07, 6.45) is 3.22. The highest BCUT2D eigenvalue weighted by molar-refractivity contribution is 5.90. The summed E-state index contributed by atoms with van der Waals surface area (Å²) in [5, 5.41) is 18.9. The number of aromatic nitrogens is 2. The second-order valence-electron chi connectivity index (χ2n) is 5.45. The molecule has 112 valence electrons. The van der Waals surface area contributed by atoms with E-state index in [2.05, 4.69) is 20.8 Å². The van der Waals surface area contributed by atoms with Gasteiger partial charge in [-0.3, -0.25) is 4.79 Å². The van der Waals surface area contributed by atoms with Gasteiger partial charge in [0.2, 0.25) is 5.89 Å². The molecule has 1 saturated heterocycles. The van der Waals surface area contributed by atoms with E-state index in [4.69, 9.17) is 9.63 Å². The Hall–Kier alpha value is -1.47. The Morgan fingerprint density at radius 3 is 3.05 bits per heavy atom. The summed E-state index contributed by atoms with van der Waals surface area (Å²) in [4.78, 5) is 16.3. The predicted octanol–water partition coefficient (Wildman–Crippen LogP) is 0.775. The first kappa shape index (κ1) is 14.9. The summed E-state index contributed by atoms with van der Waals surface area (Å²) in [6, 6.07) is 0.0547. The van der Waals surface area contributed by atoms with Gasteiger partial charge in [0.25, 0.3) is 11.7 Å². The summed E-state index contributed by atoms with van der Waals surface area (Å²) >= 11 is 0. The molecule has 2 rings (SSSR count). The Morgan fingerprint density at radius 2 is 2.45 bits per heavy atom. The number of aliphatic hydroxyl groups excluding tert-OH is 1. The van der Waals surface area contributed by atoms with E-state index < -0.39 is 5.54 Å². The molecule has 1 fully saturated rings. The van der Waals surface area contributed by atoms with Crippen LogP contribution in [0.25, 0.3) is 0 Å².